The minimum Gasteiger partial charge on any atom is -0.497 e. The number of tetrazole rings is 1. The molecule has 1 saturated heterocycles. The van der Waals surface area contributed by atoms with Crippen molar-refractivity contribution in [1.82, 2.24) is 40.5 Å². The third-order valence-electron chi connectivity index (χ3n) is 10.1. The molecule has 3 aliphatic rings. The fraction of sp³-hybridized carbons (Fsp3) is 0.472. The van der Waals surface area contributed by atoms with Gasteiger partial charge in [-0.3, -0.25) is 14.4 Å². The van der Waals surface area contributed by atoms with Crippen LogP contribution in [0.15, 0.2) is 66.1 Å². The first kappa shape index (κ1) is 38.7. The molecule has 3 fully saturated rings. The van der Waals surface area contributed by atoms with Crippen LogP contribution in [0.5, 0.6) is 5.75 Å². The quantitative estimate of drug-likeness (QED) is 0.227. The molecule has 1 aromatic heterocycles. The SMILES string of the molecule is C=C[C@@H]1C[C@]1(NC(=O)[C@@H]1C[C@@H](n2nnc(-c3ccc(OC)cc3)n2)CN1C(=O)[C@@H](NC(=O)OC1CCC1)C(C)(C)C)C(=O)NS(=O)(=O)c1ccc(Cl)cc1. The number of carbonyl (C=O) groups is 4. The molecule has 0 spiro atoms. The number of ether oxygens (including phenoxy) is 2. The van der Waals surface area contributed by atoms with Crippen molar-refractivity contribution in [3.8, 4) is 17.1 Å². The smallest absolute Gasteiger partial charge is 0.408 e. The molecular formula is C36H43ClN8O8S. The van der Waals surface area contributed by atoms with Gasteiger partial charge in [0.15, 0.2) is 0 Å². The van der Waals surface area contributed by atoms with Crippen LogP contribution in [0, 0.1) is 11.3 Å². The van der Waals surface area contributed by atoms with E-state index < -0.39 is 68.8 Å². The average molecular weight is 783 g/mol. The van der Waals surface area contributed by atoms with Crippen LogP contribution in [0.3, 0.4) is 0 Å². The van der Waals surface area contributed by atoms with Gasteiger partial charge in [0.2, 0.25) is 17.6 Å². The molecule has 2 saturated carbocycles. The monoisotopic (exact) mass is 782 g/mol. The second kappa shape index (κ2) is 15.0. The van der Waals surface area contributed by atoms with Crippen molar-refractivity contribution >= 4 is 45.4 Å². The fourth-order valence-corrected chi connectivity index (χ4v) is 7.70. The number of nitrogens with one attached hydrogen (secondary N) is 3. The molecule has 54 heavy (non-hydrogen) atoms. The van der Waals surface area contributed by atoms with E-state index in [2.05, 4.69) is 37.3 Å². The van der Waals surface area contributed by atoms with Gasteiger partial charge in [0.25, 0.3) is 15.9 Å². The molecule has 5 atom stereocenters. The molecule has 288 valence electrons. The van der Waals surface area contributed by atoms with E-state index in [4.69, 9.17) is 21.1 Å². The van der Waals surface area contributed by atoms with Crippen LogP contribution in [-0.4, -0.2) is 94.7 Å². The Morgan fingerprint density at radius 2 is 1.76 bits per heavy atom. The highest BCUT2D eigenvalue weighted by Crippen LogP contribution is 2.45. The van der Waals surface area contributed by atoms with Gasteiger partial charge in [-0.1, -0.05) is 38.4 Å². The summed E-state index contributed by atoms with van der Waals surface area (Å²) in [5.74, 6) is -1.89. The third kappa shape index (κ3) is 8.06. The van der Waals surface area contributed by atoms with Crippen molar-refractivity contribution < 1.29 is 37.1 Å². The summed E-state index contributed by atoms with van der Waals surface area (Å²) in [6, 6.07) is 9.37. The highest BCUT2D eigenvalue weighted by Gasteiger charge is 2.61. The normalized spacial score (nSPS) is 23.1. The number of halogens is 1. The van der Waals surface area contributed by atoms with Crippen LogP contribution in [0.1, 0.15) is 58.9 Å². The molecule has 0 radical (unpaired) electrons. The van der Waals surface area contributed by atoms with Crippen LogP contribution in [0.2, 0.25) is 5.02 Å². The lowest BCUT2D eigenvalue weighted by atomic mass is 9.85. The zero-order chi connectivity index (χ0) is 39.0. The van der Waals surface area contributed by atoms with E-state index in [0.717, 1.165) is 19.3 Å². The van der Waals surface area contributed by atoms with Gasteiger partial charge >= 0.3 is 6.09 Å². The van der Waals surface area contributed by atoms with E-state index >= 15 is 0 Å². The third-order valence-corrected chi connectivity index (χ3v) is 11.7. The Morgan fingerprint density at radius 1 is 1.07 bits per heavy atom. The van der Waals surface area contributed by atoms with Gasteiger partial charge in [-0.25, -0.2) is 17.9 Å². The van der Waals surface area contributed by atoms with Gasteiger partial charge in [0, 0.05) is 29.5 Å². The van der Waals surface area contributed by atoms with Gasteiger partial charge in [-0.15, -0.1) is 16.8 Å². The molecule has 0 bridgehead atoms. The van der Waals surface area contributed by atoms with Gasteiger partial charge in [0.1, 0.15) is 29.5 Å². The van der Waals surface area contributed by atoms with E-state index in [9.17, 15) is 27.6 Å². The van der Waals surface area contributed by atoms with Crippen molar-refractivity contribution in [2.45, 2.75) is 87.5 Å². The number of rotatable bonds is 12. The van der Waals surface area contributed by atoms with E-state index in [0.29, 0.717) is 22.2 Å². The maximum absolute atomic E-state index is 14.5. The first-order valence-electron chi connectivity index (χ1n) is 17.5. The molecule has 16 nitrogen and oxygen atoms in total. The number of likely N-dealkylation sites (tertiary alicyclic amines) is 1. The maximum Gasteiger partial charge on any atom is 0.408 e. The number of benzene rings is 2. The van der Waals surface area contributed by atoms with Gasteiger partial charge in [-0.2, -0.15) is 4.80 Å². The van der Waals surface area contributed by atoms with Crippen molar-refractivity contribution in [2.24, 2.45) is 11.3 Å². The Bertz CT molecular complexity index is 2030. The number of carbonyl (C=O) groups excluding carboxylic acids is 4. The van der Waals surface area contributed by atoms with Crippen molar-refractivity contribution in [1.29, 1.82) is 0 Å². The predicted octanol–water partition coefficient (Wildman–Crippen LogP) is 3.40. The number of alkyl carbamates (subject to hydrolysis) is 1. The number of sulfonamides is 1. The summed E-state index contributed by atoms with van der Waals surface area (Å²) >= 11 is 5.92. The Morgan fingerprint density at radius 3 is 2.33 bits per heavy atom. The lowest BCUT2D eigenvalue weighted by Crippen LogP contribution is -2.60. The number of methoxy groups -OCH3 is 1. The second-order valence-corrected chi connectivity index (χ2v) is 17.0. The first-order valence-corrected chi connectivity index (χ1v) is 19.4. The fourth-order valence-electron chi connectivity index (χ4n) is 6.54. The Balaban J connectivity index is 1.27. The molecule has 3 aromatic rings. The Labute approximate surface area is 318 Å². The van der Waals surface area contributed by atoms with Crippen LogP contribution in [-0.2, 0) is 29.1 Å². The van der Waals surface area contributed by atoms with E-state index in [1.165, 1.54) is 40.0 Å². The lowest BCUT2D eigenvalue weighted by Gasteiger charge is -2.36. The molecule has 2 heterocycles. The summed E-state index contributed by atoms with van der Waals surface area (Å²) in [7, 11) is -2.79. The Hall–Kier alpha value is -5.03. The minimum absolute atomic E-state index is 0.0128. The van der Waals surface area contributed by atoms with Crippen molar-refractivity contribution in [2.75, 3.05) is 13.7 Å². The van der Waals surface area contributed by atoms with Crippen LogP contribution in [0.4, 0.5) is 4.79 Å². The van der Waals surface area contributed by atoms with Crippen molar-refractivity contribution in [3.63, 3.8) is 0 Å². The maximum atomic E-state index is 14.5. The zero-order valence-electron chi connectivity index (χ0n) is 30.3. The first-order chi connectivity index (χ1) is 25.5. The second-order valence-electron chi connectivity index (χ2n) is 14.9. The lowest BCUT2D eigenvalue weighted by molar-refractivity contribution is -0.142. The largest absolute Gasteiger partial charge is 0.497 e. The number of nitrogens with zero attached hydrogens (tertiary/aromatic N) is 5. The van der Waals surface area contributed by atoms with Gasteiger partial charge < -0.3 is 25.0 Å². The van der Waals surface area contributed by atoms with E-state index in [1.54, 1.807) is 52.1 Å². The molecular weight excluding hydrogens is 740 g/mol. The number of hydrogen-bond acceptors (Lipinski definition) is 11. The summed E-state index contributed by atoms with van der Waals surface area (Å²) in [5.41, 5.74) is -1.81. The Kier molecular flexibility index (Phi) is 10.8. The molecule has 18 heteroatoms. The molecule has 6 rings (SSSR count). The van der Waals surface area contributed by atoms with Gasteiger partial charge in [0.05, 0.1) is 18.0 Å². The van der Waals surface area contributed by atoms with Crippen molar-refractivity contribution in [3.05, 3.63) is 66.2 Å². The molecule has 1 aliphatic heterocycles. The summed E-state index contributed by atoms with van der Waals surface area (Å²) < 4.78 is 39.1. The summed E-state index contributed by atoms with van der Waals surface area (Å²) in [6.07, 6.45) is 3.00. The summed E-state index contributed by atoms with van der Waals surface area (Å²) in [4.78, 5) is 57.9. The minimum atomic E-state index is -4.34. The topological polar surface area (TPSA) is 204 Å². The molecule has 2 aromatic carbocycles. The average Bonchev–Trinajstić information content (AvgIpc) is 3.40. The van der Waals surface area contributed by atoms with Crippen LogP contribution in [0.25, 0.3) is 11.4 Å². The standard InChI is InChI=1S/C36H43ClN8O8S/c1-6-22-19-36(22,33(48)42-54(50,51)27-16-12-23(37)13-17-27)39-31(46)28-18-24(45-41-30(40-43-45)21-10-14-25(52-5)15-11-21)20-44(28)32(47)29(35(2,3)4)38-34(49)53-26-8-7-9-26/h6,10-17,22,24,26,28-29H,1,7-9,18-20H2,2-5H3,(H,38,49)(H,39,46)(H,42,48)/t22-,24-,28+,29-,36-/m1/s1. The van der Waals surface area contributed by atoms with Gasteiger partial charge in [-0.05, 0) is 84.8 Å². The zero-order valence-corrected chi connectivity index (χ0v) is 31.9. The molecule has 4 amide bonds. The molecule has 0 unspecified atom stereocenters. The highest BCUT2D eigenvalue weighted by atomic mass is 35.5. The van der Waals surface area contributed by atoms with Crippen LogP contribution < -0.4 is 20.1 Å². The number of aromatic nitrogens is 4. The number of amides is 4. The van der Waals surface area contributed by atoms with E-state index in [-0.39, 0.29) is 30.4 Å². The summed E-state index contributed by atoms with van der Waals surface area (Å²) in [6.45, 7) is 9.06. The summed E-state index contributed by atoms with van der Waals surface area (Å²) in [5, 5.41) is 18.8. The van der Waals surface area contributed by atoms with E-state index in [1.807, 2.05) is 0 Å². The highest BCUT2D eigenvalue weighted by molar-refractivity contribution is 7.90. The predicted molar refractivity (Wildman–Crippen MR) is 195 cm³/mol. The van der Waals surface area contributed by atoms with Crippen LogP contribution >= 0.6 is 11.6 Å². The number of hydrogen-bond donors (Lipinski definition) is 3. The molecule has 2 aliphatic carbocycles. The molecule has 3 N–H and O–H groups in total.